The smallest absolute Gasteiger partial charge is 0.155 e. The van der Waals surface area contributed by atoms with Crippen LogP contribution in [0.25, 0.3) is 54.7 Å². The van der Waals surface area contributed by atoms with Crippen molar-refractivity contribution in [3.63, 3.8) is 0 Å². The summed E-state index contributed by atoms with van der Waals surface area (Å²) in [7, 11) is -1.45. The van der Waals surface area contributed by atoms with E-state index in [1.807, 2.05) is 66.7 Å². The second kappa shape index (κ2) is 13.7. The first-order valence-corrected chi connectivity index (χ1v) is 17.8. The van der Waals surface area contributed by atoms with Gasteiger partial charge in [-0.3, -0.25) is 9.78 Å². The van der Waals surface area contributed by atoms with Gasteiger partial charge in [0.1, 0.15) is 5.82 Å². The molecule has 1 radical (unpaired) electrons. The Kier molecular flexibility index (Phi) is 10.1. The molecule has 7 heteroatoms. The van der Waals surface area contributed by atoms with Crippen LogP contribution in [0.15, 0.2) is 103 Å². The van der Waals surface area contributed by atoms with E-state index in [1.165, 1.54) is 25.1 Å². The van der Waals surface area contributed by atoms with Crippen LogP contribution in [-0.2, 0) is 24.9 Å². The van der Waals surface area contributed by atoms with Crippen molar-refractivity contribution in [2.45, 2.75) is 33.5 Å². The zero-order valence-corrected chi connectivity index (χ0v) is 29.1. The average molecular weight is 788 g/mol. The van der Waals surface area contributed by atoms with Gasteiger partial charge in [0.2, 0.25) is 0 Å². The zero-order valence-electron chi connectivity index (χ0n) is 25.7. The predicted octanol–water partition coefficient (Wildman–Crippen LogP) is 9.27. The number of aliphatic hydroxyl groups excluding tert-OH is 1. The molecule has 5 aromatic carbocycles. The molecular weight excluding hydrogens is 756 g/mol. The first-order valence-electron chi connectivity index (χ1n) is 14.3. The number of carbonyl (C=O) groups excluding carboxylic acids is 1. The minimum absolute atomic E-state index is 0. The average Bonchev–Trinajstić information content (AvgIpc) is 2.99. The number of nitriles is 1. The number of hydrogen-bond acceptors (Lipinski definition) is 4. The summed E-state index contributed by atoms with van der Waals surface area (Å²) in [5, 5.41) is 25.0. The van der Waals surface area contributed by atoms with Crippen LogP contribution in [0.2, 0.25) is 19.6 Å². The monoisotopic (exact) mass is 788 g/mol. The fraction of sp³-hybridized carbons (Fsp3) is 0.132. The van der Waals surface area contributed by atoms with Crippen molar-refractivity contribution in [3.8, 4) is 28.5 Å². The van der Waals surface area contributed by atoms with Crippen LogP contribution in [0.1, 0.15) is 19.4 Å². The number of fused-ring (bicyclic) bond motifs is 4. The minimum Gasteiger partial charge on any atom is -0.512 e. The fourth-order valence-electron chi connectivity index (χ4n) is 5.43. The summed E-state index contributed by atoms with van der Waals surface area (Å²) < 4.78 is 15.3. The molecule has 0 saturated heterocycles. The number of aromatic nitrogens is 1. The van der Waals surface area contributed by atoms with Crippen LogP contribution < -0.4 is 5.19 Å². The summed E-state index contributed by atoms with van der Waals surface area (Å²) in [4.78, 5) is 14.7. The Bertz CT molecular complexity index is 2120. The molecule has 0 aliphatic heterocycles. The summed E-state index contributed by atoms with van der Waals surface area (Å²) in [6.07, 6.45) is 2.94. The molecule has 0 atom stereocenters. The molecule has 0 bridgehead atoms. The van der Waals surface area contributed by atoms with Gasteiger partial charge in [0.05, 0.1) is 19.9 Å². The maximum Gasteiger partial charge on any atom is 0.155 e. The molecule has 0 fully saturated rings. The Balaban J connectivity index is 0.000000519. The van der Waals surface area contributed by atoms with Gasteiger partial charge in [-0.15, -0.1) is 23.6 Å². The largest absolute Gasteiger partial charge is 0.512 e. The van der Waals surface area contributed by atoms with E-state index in [2.05, 4.69) is 48.9 Å². The number of halogens is 1. The third kappa shape index (κ3) is 7.10. The molecule has 227 valence electrons. The van der Waals surface area contributed by atoms with Gasteiger partial charge in [-0.2, -0.15) is 5.26 Å². The Labute approximate surface area is 277 Å². The molecule has 0 spiro atoms. The van der Waals surface area contributed by atoms with Crippen LogP contribution in [0.4, 0.5) is 4.39 Å². The van der Waals surface area contributed by atoms with Crippen molar-refractivity contribution in [1.82, 2.24) is 4.98 Å². The number of ketones is 1. The van der Waals surface area contributed by atoms with Crippen molar-refractivity contribution in [1.29, 1.82) is 5.26 Å². The van der Waals surface area contributed by atoms with E-state index in [0.29, 0.717) is 11.1 Å². The summed E-state index contributed by atoms with van der Waals surface area (Å²) in [5.74, 6) is -0.295. The van der Waals surface area contributed by atoms with Crippen LogP contribution in [0.3, 0.4) is 0 Å². The number of allylic oxidation sites excluding steroid dienone is 2. The van der Waals surface area contributed by atoms with E-state index in [4.69, 9.17) is 5.11 Å². The summed E-state index contributed by atoms with van der Waals surface area (Å²) in [6.45, 7) is 9.78. The maximum atomic E-state index is 15.3. The standard InChI is InChI=1S/C33H24FN2Si.C5H8O2.Ir/c1-37(2,3)25-10-8-21(9-11-25)32-29-12-13-30-28(27(29)14-15-31(32)34)16-17-36-33(30)23-18-22-6-4-5-7-26(22)24(19-23)20-35;1-4(6)3-5(2)7;/h4-17,19H,1-3H3;3,6H,1-2H3;/q-1;;/b;4-3-;. The molecule has 1 heterocycles. The minimum atomic E-state index is -1.45. The molecule has 0 unspecified atom stereocenters. The number of benzene rings is 5. The van der Waals surface area contributed by atoms with Gasteiger partial charge >= 0.3 is 0 Å². The van der Waals surface area contributed by atoms with Crippen LogP contribution in [-0.4, -0.2) is 23.9 Å². The second-order valence-electron chi connectivity index (χ2n) is 11.8. The van der Waals surface area contributed by atoms with Crippen molar-refractivity contribution in [2.75, 3.05) is 0 Å². The number of hydrogen-bond donors (Lipinski definition) is 1. The number of aliphatic hydroxyl groups is 1. The third-order valence-corrected chi connectivity index (χ3v) is 9.56. The topological polar surface area (TPSA) is 74.0 Å². The van der Waals surface area contributed by atoms with Gasteiger partial charge in [-0.05, 0) is 58.7 Å². The first kappa shape index (κ1) is 33.4. The molecule has 6 rings (SSSR count). The molecule has 1 N–H and O–H groups in total. The van der Waals surface area contributed by atoms with Crippen LogP contribution in [0.5, 0.6) is 0 Å². The van der Waals surface area contributed by atoms with E-state index in [1.54, 1.807) is 12.3 Å². The van der Waals surface area contributed by atoms with Gasteiger partial charge in [0, 0.05) is 43.6 Å². The molecule has 4 nitrogen and oxygen atoms in total. The number of carbonyl (C=O) groups is 1. The second-order valence-corrected chi connectivity index (χ2v) is 16.9. The number of nitrogens with zero attached hydrogens (tertiary/aromatic N) is 2. The van der Waals surface area contributed by atoms with E-state index in [-0.39, 0.29) is 37.5 Å². The van der Waals surface area contributed by atoms with Gasteiger partial charge in [-0.1, -0.05) is 96.4 Å². The molecule has 0 amide bonds. The van der Waals surface area contributed by atoms with Crippen molar-refractivity contribution in [2.24, 2.45) is 0 Å². The molecule has 0 aliphatic rings. The fourth-order valence-corrected chi connectivity index (χ4v) is 6.60. The quantitative estimate of drug-likeness (QED) is 0.0636. The third-order valence-electron chi connectivity index (χ3n) is 7.49. The van der Waals surface area contributed by atoms with E-state index in [9.17, 15) is 10.1 Å². The molecule has 0 aliphatic carbocycles. The Morgan fingerprint density at radius 1 is 0.889 bits per heavy atom. The van der Waals surface area contributed by atoms with Gasteiger partial charge < -0.3 is 5.11 Å². The van der Waals surface area contributed by atoms with Gasteiger partial charge in [-0.25, -0.2) is 4.39 Å². The maximum absolute atomic E-state index is 15.3. The zero-order chi connectivity index (χ0) is 31.6. The molecule has 0 saturated carbocycles. The molecule has 1 aromatic heterocycles. The van der Waals surface area contributed by atoms with Crippen molar-refractivity contribution >= 4 is 51.4 Å². The summed E-state index contributed by atoms with van der Waals surface area (Å²) in [6, 6.07) is 33.1. The van der Waals surface area contributed by atoms with Crippen molar-refractivity contribution < 1.29 is 34.4 Å². The Hall–Kier alpha value is -4.47. The van der Waals surface area contributed by atoms with Crippen molar-refractivity contribution in [3.05, 3.63) is 120 Å². The van der Waals surface area contributed by atoms with Gasteiger partial charge in [0.25, 0.3) is 0 Å². The van der Waals surface area contributed by atoms with Crippen LogP contribution >= 0.6 is 0 Å². The van der Waals surface area contributed by atoms with E-state index < -0.39 is 8.07 Å². The number of rotatable bonds is 4. The van der Waals surface area contributed by atoms with Gasteiger partial charge in [0.15, 0.2) is 5.78 Å². The van der Waals surface area contributed by atoms with E-state index >= 15 is 4.39 Å². The Morgan fingerprint density at radius 3 is 2.16 bits per heavy atom. The SMILES string of the molecule is CC(=O)/C=C(/C)O.C[Si](C)(C)c1ccc(-c2c(F)ccc3c2ccc2c(-c4[c-]c5ccccc5c(C#N)c4)nccc23)cc1.[Ir]. The normalized spacial score (nSPS) is 11.4. The first-order chi connectivity index (χ1) is 21.0. The predicted molar refractivity (Wildman–Crippen MR) is 181 cm³/mol. The molecular formula is C38H32FIrN2O2Si-. The summed E-state index contributed by atoms with van der Waals surface area (Å²) in [5.41, 5.74) is 3.61. The summed E-state index contributed by atoms with van der Waals surface area (Å²) >= 11 is 0. The number of pyridine rings is 1. The van der Waals surface area contributed by atoms with E-state index in [0.717, 1.165) is 49.1 Å². The molecule has 45 heavy (non-hydrogen) atoms. The molecule has 6 aromatic rings. The Morgan fingerprint density at radius 2 is 1.53 bits per heavy atom. The van der Waals surface area contributed by atoms with Crippen LogP contribution in [0, 0.1) is 23.2 Å².